The normalized spacial score (nSPS) is 15.6. The van der Waals surface area contributed by atoms with Crippen LogP contribution in [0.4, 0.5) is 5.69 Å². The summed E-state index contributed by atoms with van der Waals surface area (Å²) in [6.45, 7) is 4.46. The van der Waals surface area contributed by atoms with Crippen LogP contribution in [0.25, 0.3) is 0 Å². The fraction of sp³-hybridized carbons (Fsp3) is 0.417. The zero-order valence-corrected chi connectivity index (χ0v) is 18.7. The number of amides is 1. The third-order valence-electron chi connectivity index (χ3n) is 5.87. The lowest BCUT2D eigenvalue weighted by molar-refractivity contribution is -0.201. The quantitative estimate of drug-likeness (QED) is 0.520. The summed E-state index contributed by atoms with van der Waals surface area (Å²) in [5, 5.41) is 1.82. The standard InChI is InChI=1S/C24H29N3O3.ClH/c1-18(28)26-14-11-20-16-21(9-10-23(20)26)24(29)8-4-5-13-25-27-15-12-19-6-2-3-7-22(19)17-30-27;/h2-3,6-7,9-10,16,25H,4-5,8,11-15,17H2,1H3;1H. The summed E-state index contributed by atoms with van der Waals surface area (Å²) in [6.07, 6.45) is 4.04. The van der Waals surface area contributed by atoms with Gasteiger partial charge in [-0.1, -0.05) is 24.3 Å². The number of hydrazine groups is 1. The molecule has 2 aliphatic rings. The Labute approximate surface area is 189 Å². The van der Waals surface area contributed by atoms with Gasteiger partial charge in [0.15, 0.2) is 5.78 Å². The molecule has 0 bridgehead atoms. The van der Waals surface area contributed by atoms with E-state index in [-0.39, 0.29) is 24.1 Å². The maximum Gasteiger partial charge on any atom is 0.223 e. The third-order valence-corrected chi connectivity index (χ3v) is 5.87. The minimum atomic E-state index is 0. The molecule has 2 aromatic carbocycles. The number of hydrogen-bond acceptors (Lipinski definition) is 5. The van der Waals surface area contributed by atoms with Crippen molar-refractivity contribution in [3.63, 3.8) is 0 Å². The van der Waals surface area contributed by atoms with Gasteiger partial charge in [0.25, 0.3) is 0 Å². The molecule has 0 radical (unpaired) electrons. The number of ketones is 1. The number of unbranched alkanes of at least 4 members (excludes halogenated alkanes) is 1. The van der Waals surface area contributed by atoms with Crippen LogP contribution in [0.15, 0.2) is 42.5 Å². The lowest BCUT2D eigenvalue weighted by Gasteiger charge is -2.20. The monoisotopic (exact) mass is 443 g/mol. The van der Waals surface area contributed by atoms with Crippen LogP contribution in [-0.4, -0.2) is 36.5 Å². The molecule has 4 rings (SSSR count). The fourth-order valence-electron chi connectivity index (χ4n) is 4.16. The van der Waals surface area contributed by atoms with Gasteiger partial charge < -0.3 is 4.90 Å². The molecular formula is C24H30ClN3O3. The molecule has 31 heavy (non-hydrogen) atoms. The van der Waals surface area contributed by atoms with Crippen molar-refractivity contribution < 1.29 is 14.4 Å². The van der Waals surface area contributed by atoms with Gasteiger partial charge in [0.1, 0.15) is 0 Å². The number of rotatable bonds is 7. The molecule has 1 N–H and O–H groups in total. The SMILES string of the molecule is CC(=O)N1CCc2cc(C(=O)CCCCNN3CCc4ccccc4CO3)ccc21.Cl. The summed E-state index contributed by atoms with van der Waals surface area (Å²) < 4.78 is 0. The Kier molecular flexibility index (Phi) is 8.21. The number of nitrogens with one attached hydrogen (secondary N) is 1. The average molecular weight is 444 g/mol. The minimum Gasteiger partial charge on any atom is -0.312 e. The maximum atomic E-state index is 12.6. The zero-order chi connectivity index (χ0) is 20.9. The van der Waals surface area contributed by atoms with E-state index in [9.17, 15) is 9.59 Å². The number of hydroxylamine groups is 1. The second kappa shape index (κ2) is 10.9. The zero-order valence-electron chi connectivity index (χ0n) is 17.9. The number of benzene rings is 2. The van der Waals surface area contributed by atoms with E-state index < -0.39 is 0 Å². The summed E-state index contributed by atoms with van der Waals surface area (Å²) >= 11 is 0. The molecule has 6 nitrogen and oxygen atoms in total. The van der Waals surface area contributed by atoms with Crippen LogP contribution in [0.2, 0.25) is 0 Å². The Morgan fingerprint density at radius 1 is 1.00 bits per heavy atom. The van der Waals surface area contributed by atoms with Gasteiger partial charge in [-0.3, -0.25) is 14.4 Å². The number of nitrogens with zero attached hydrogens (tertiary/aromatic N) is 2. The molecule has 2 heterocycles. The fourth-order valence-corrected chi connectivity index (χ4v) is 4.16. The van der Waals surface area contributed by atoms with Crippen molar-refractivity contribution in [3.8, 4) is 0 Å². The Morgan fingerprint density at radius 3 is 2.58 bits per heavy atom. The van der Waals surface area contributed by atoms with Crippen LogP contribution in [0.5, 0.6) is 0 Å². The van der Waals surface area contributed by atoms with Gasteiger partial charge in [-0.15, -0.1) is 17.6 Å². The summed E-state index contributed by atoms with van der Waals surface area (Å²) in [4.78, 5) is 31.8. The van der Waals surface area contributed by atoms with E-state index >= 15 is 0 Å². The summed E-state index contributed by atoms with van der Waals surface area (Å²) in [6, 6.07) is 14.1. The molecule has 1 amide bonds. The summed E-state index contributed by atoms with van der Waals surface area (Å²) in [7, 11) is 0. The van der Waals surface area contributed by atoms with E-state index in [0.717, 1.165) is 55.6 Å². The Morgan fingerprint density at radius 2 is 1.77 bits per heavy atom. The van der Waals surface area contributed by atoms with Gasteiger partial charge in [-0.2, -0.15) is 0 Å². The van der Waals surface area contributed by atoms with Crippen LogP contribution in [0, 0.1) is 0 Å². The van der Waals surface area contributed by atoms with E-state index in [4.69, 9.17) is 4.84 Å². The number of halogens is 1. The molecule has 0 aliphatic carbocycles. The highest BCUT2D eigenvalue weighted by Gasteiger charge is 2.23. The molecule has 0 saturated heterocycles. The van der Waals surface area contributed by atoms with Crippen molar-refractivity contribution in [2.24, 2.45) is 0 Å². The van der Waals surface area contributed by atoms with Crippen LogP contribution < -0.4 is 10.3 Å². The van der Waals surface area contributed by atoms with Gasteiger partial charge in [0, 0.05) is 44.2 Å². The molecule has 0 unspecified atom stereocenters. The summed E-state index contributed by atoms with van der Waals surface area (Å²) in [5.41, 5.74) is 8.70. The topological polar surface area (TPSA) is 61.9 Å². The van der Waals surface area contributed by atoms with Gasteiger partial charge in [0.05, 0.1) is 6.61 Å². The highest BCUT2D eigenvalue weighted by Crippen LogP contribution is 2.29. The molecule has 7 heteroatoms. The highest BCUT2D eigenvalue weighted by atomic mass is 35.5. The largest absolute Gasteiger partial charge is 0.312 e. The lowest BCUT2D eigenvalue weighted by atomic mass is 10.0. The number of carbonyl (C=O) groups is 2. The van der Waals surface area contributed by atoms with Gasteiger partial charge >= 0.3 is 0 Å². The number of fused-ring (bicyclic) bond motifs is 2. The number of carbonyl (C=O) groups excluding carboxylic acids is 2. The molecule has 0 fully saturated rings. The molecule has 166 valence electrons. The van der Waals surface area contributed by atoms with Crippen molar-refractivity contribution in [3.05, 3.63) is 64.7 Å². The van der Waals surface area contributed by atoms with Crippen LogP contribution in [0.3, 0.4) is 0 Å². The van der Waals surface area contributed by atoms with Crippen LogP contribution in [-0.2, 0) is 29.1 Å². The number of hydrogen-bond donors (Lipinski definition) is 1. The molecule has 2 aromatic rings. The molecule has 0 spiro atoms. The highest BCUT2D eigenvalue weighted by molar-refractivity contribution is 5.98. The first-order valence-electron chi connectivity index (χ1n) is 10.8. The number of anilines is 1. The smallest absolute Gasteiger partial charge is 0.223 e. The van der Waals surface area contributed by atoms with Gasteiger partial charge in [-0.05, 0) is 60.6 Å². The lowest BCUT2D eigenvalue weighted by Crippen LogP contribution is -2.38. The van der Waals surface area contributed by atoms with Crippen molar-refractivity contribution >= 4 is 29.8 Å². The second-order valence-electron chi connectivity index (χ2n) is 7.95. The van der Waals surface area contributed by atoms with Crippen LogP contribution in [0.1, 0.15) is 53.2 Å². The Balaban J connectivity index is 0.00000272. The Hall–Kier alpha value is -2.25. The van der Waals surface area contributed by atoms with Gasteiger partial charge in [0.2, 0.25) is 5.91 Å². The average Bonchev–Trinajstić information content (AvgIpc) is 3.08. The predicted molar refractivity (Wildman–Crippen MR) is 123 cm³/mol. The molecule has 0 atom stereocenters. The van der Waals surface area contributed by atoms with Crippen molar-refractivity contribution in [2.45, 2.75) is 45.6 Å². The van der Waals surface area contributed by atoms with Crippen molar-refractivity contribution in [1.29, 1.82) is 0 Å². The number of Topliss-reactive ketones (excluding diaryl/α,β-unsaturated/α-hetero) is 1. The molecular weight excluding hydrogens is 414 g/mol. The summed E-state index contributed by atoms with van der Waals surface area (Å²) in [5.74, 6) is 0.221. The van der Waals surface area contributed by atoms with Crippen molar-refractivity contribution in [1.82, 2.24) is 10.6 Å². The second-order valence-corrected chi connectivity index (χ2v) is 7.95. The van der Waals surface area contributed by atoms with Crippen LogP contribution >= 0.6 is 12.4 Å². The first-order chi connectivity index (χ1) is 14.6. The maximum absolute atomic E-state index is 12.6. The van der Waals surface area contributed by atoms with E-state index in [1.807, 2.05) is 29.4 Å². The minimum absolute atomic E-state index is 0. The Bertz CT molecular complexity index is 907. The molecule has 0 aromatic heterocycles. The first-order valence-corrected chi connectivity index (χ1v) is 10.8. The molecule has 2 aliphatic heterocycles. The van der Waals surface area contributed by atoms with Gasteiger partial charge in [-0.25, -0.2) is 5.43 Å². The van der Waals surface area contributed by atoms with E-state index in [1.54, 1.807) is 11.8 Å². The third kappa shape index (κ3) is 5.71. The predicted octanol–water partition coefficient (Wildman–Crippen LogP) is 3.86. The van der Waals surface area contributed by atoms with E-state index in [0.29, 0.717) is 19.6 Å². The molecule has 0 saturated carbocycles. The van der Waals surface area contributed by atoms with Crippen molar-refractivity contribution in [2.75, 3.05) is 24.5 Å². The van der Waals surface area contributed by atoms with E-state index in [1.165, 1.54) is 11.1 Å². The first kappa shape index (κ1) is 23.4. The van der Waals surface area contributed by atoms with E-state index in [2.05, 4.69) is 23.6 Å².